The highest BCUT2D eigenvalue weighted by atomic mass is 15.2. The lowest BCUT2D eigenvalue weighted by molar-refractivity contribution is 0.590. The minimum Gasteiger partial charge on any atom is -0.311 e. The van der Waals surface area contributed by atoms with Gasteiger partial charge in [0.15, 0.2) is 0 Å². The van der Waals surface area contributed by atoms with Crippen LogP contribution in [0.4, 0.5) is 34.1 Å². The molecule has 0 fully saturated rings. The summed E-state index contributed by atoms with van der Waals surface area (Å²) in [5.41, 5.74) is 34.1. The van der Waals surface area contributed by atoms with E-state index in [0.29, 0.717) is 5.56 Å². The highest BCUT2D eigenvalue weighted by molar-refractivity contribution is 7.00. The van der Waals surface area contributed by atoms with E-state index in [2.05, 4.69) is 415 Å². The molecule has 522 valence electrons. The third kappa shape index (κ3) is 11.3. The fourth-order valence-electron chi connectivity index (χ4n) is 17.4. The molecule has 0 amide bonds. The zero-order chi connectivity index (χ0) is 74.2. The normalized spacial score (nSPS) is 12.8. The van der Waals surface area contributed by atoms with Crippen LogP contribution < -0.4 is 26.2 Å². The fourth-order valence-corrected chi connectivity index (χ4v) is 17.4. The van der Waals surface area contributed by atoms with E-state index >= 15 is 0 Å². The summed E-state index contributed by atoms with van der Waals surface area (Å²) in [7, 11) is 0. The lowest BCUT2D eigenvalue weighted by atomic mass is 9.33. The van der Waals surface area contributed by atoms with Gasteiger partial charge in [-0.15, -0.1) is 0 Å². The molecule has 5 nitrogen and oxygen atoms in total. The number of benzene rings is 15. The van der Waals surface area contributed by atoms with Crippen LogP contribution in [0.3, 0.4) is 0 Å². The van der Waals surface area contributed by atoms with Crippen molar-refractivity contribution in [3.8, 4) is 84.2 Å². The maximum absolute atomic E-state index is 10.6. The molecule has 109 heavy (non-hydrogen) atoms. The molecule has 0 aliphatic carbocycles. The van der Waals surface area contributed by atoms with Crippen LogP contribution in [-0.2, 0) is 16.2 Å². The Labute approximate surface area is 639 Å². The third-order valence-corrected chi connectivity index (χ3v) is 22.9. The Morgan fingerprint density at radius 1 is 0.275 bits per heavy atom. The predicted molar refractivity (Wildman–Crippen MR) is 463 cm³/mol. The van der Waals surface area contributed by atoms with Crippen molar-refractivity contribution in [2.45, 2.75) is 78.6 Å². The van der Waals surface area contributed by atoms with Crippen LogP contribution in [0.2, 0.25) is 0 Å². The highest BCUT2D eigenvalue weighted by Gasteiger charge is 2.46. The summed E-state index contributed by atoms with van der Waals surface area (Å²) in [4.78, 5) is 5.35. The second-order valence-electron chi connectivity index (χ2n) is 32.8. The second kappa shape index (κ2) is 25.7. The van der Waals surface area contributed by atoms with Gasteiger partial charge in [-0.1, -0.05) is 281 Å². The molecule has 0 spiro atoms. The quantitative estimate of drug-likeness (QED) is 0.128. The van der Waals surface area contributed by atoms with Gasteiger partial charge in [-0.05, 0) is 220 Å². The Bertz CT molecular complexity index is 6420. The maximum atomic E-state index is 10.6. The molecular formula is C103H82BN5. The lowest BCUT2D eigenvalue weighted by Crippen LogP contribution is -2.61. The van der Waals surface area contributed by atoms with Gasteiger partial charge < -0.3 is 18.9 Å². The largest absolute Gasteiger partial charge is 0.311 e. The number of nitriles is 1. The summed E-state index contributed by atoms with van der Waals surface area (Å²) in [5.74, 6) is 0. The van der Waals surface area contributed by atoms with E-state index < -0.39 is 0 Å². The van der Waals surface area contributed by atoms with E-state index in [1.807, 2.05) is 6.07 Å². The minimum atomic E-state index is -0.290. The van der Waals surface area contributed by atoms with E-state index in [-0.39, 0.29) is 23.0 Å². The van der Waals surface area contributed by atoms with E-state index in [0.717, 1.165) is 140 Å². The van der Waals surface area contributed by atoms with Crippen molar-refractivity contribution >= 4 is 101 Å². The average Bonchev–Trinajstić information content (AvgIpc) is 0.926. The molecule has 19 rings (SSSR count). The van der Waals surface area contributed by atoms with Crippen LogP contribution in [0.15, 0.2) is 334 Å². The van der Waals surface area contributed by atoms with Crippen molar-refractivity contribution in [1.29, 1.82) is 5.26 Å². The summed E-state index contributed by atoms with van der Waals surface area (Å²) >= 11 is 0. The van der Waals surface area contributed by atoms with Gasteiger partial charge in [0.2, 0.25) is 0 Å². The number of aromatic nitrogens is 2. The molecule has 2 aliphatic heterocycles. The summed E-state index contributed by atoms with van der Waals surface area (Å²) < 4.78 is 4.90. The van der Waals surface area contributed by atoms with Crippen LogP contribution >= 0.6 is 0 Å². The standard InChI is InChI=1S/C103H82BN5/c1-101(2,3)76-38-27-37-71(55-76)72-46-49-88-94(58-72)108(81-56-73(67-29-15-10-16-30-67)54-74(57-81)68-31-17-11-18-32-68)96-59-75(82-42-28-44-93-98(82)83-41-25-26-43-90(83)106(93)79-39-23-14-24-40-79)60-97-99(96)104(88)89-50-48-80(107-91-51-45-66(65-105)53-86(91)87-61-77(102(4,5)6)47-52-92(87)107)64-95(89)109(97)100-84(69-33-19-12-20-34-69)62-78(103(7,8)9)63-85(100)70-35-21-13-22-36-70/h10-64H,1-9H3. The van der Waals surface area contributed by atoms with Crippen molar-refractivity contribution in [2.75, 3.05) is 9.80 Å². The van der Waals surface area contributed by atoms with Gasteiger partial charge in [0.05, 0.1) is 39.4 Å². The van der Waals surface area contributed by atoms with Crippen molar-refractivity contribution in [1.82, 2.24) is 9.13 Å². The number of hydrogen-bond acceptors (Lipinski definition) is 3. The van der Waals surface area contributed by atoms with Gasteiger partial charge in [-0.2, -0.15) is 5.26 Å². The van der Waals surface area contributed by atoms with Crippen LogP contribution in [0.1, 0.15) is 84.6 Å². The number of rotatable bonds is 10. The number of anilines is 6. The summed E-state index contributed by atoms with van der Waals surface area (Å²) in [6, 6.07) is 128. The lowest BCUT2D eigenvalue weighted by Gasteiger charge is -2.45. The SMILES string of the molecule is CC(C)(C)c1cccc(-c2ccc3c(c2)N(c2cc(-c4ccccc4)cc(-c4ccccc4)c2)c2cc(-c4cccc5c4c4ccccc4n5-c4ccccc4)cc4c2B3c2ccc(-n3c5ccc(C#N)cc5c5cc(C(C)(C)C)ccc53)cc2N4c2c(-c3ccccc3)cc(C(C)(C)C)cc2-c2ccccc2)c1. The molecular weight excluding hydrogens is 1320 g/mol. The minimum absolute atomic E-state index is 0.0809. The Morgan fingerprint density at radius 2 is 0.752 bits per heavy atom. The molecule has 6 heteroatoms. The van der Waals surface area contributed by atoms with Gasteiger partial charge >= 0.3 is 0 Å². The molecule has 0 N–H and O–H groups in total. The smallest absolute Gasteiger partial charge is 0.252 e. The molecule has 2 aliphatic rings. The first-order valence-corrected chi connectivity index (χ1v) is 38.2. The number of fused-ring (bicyclic) bond motifs is 10. The Morgan fingerprint density at radius 3 is 1.37 bits per heavy atom. The highest BCUT2D eigenvalue weighted by Crippen LogP contribution is 2.55. The topological polar surface area (TPSA) is 40.1 Å². The molecule has 2 aromatic heterocycles. The van der Waals surface area contributed by atoms with Gasteiger partial charge in [-0.25, -0.2) is 0 Å². The summed E-state index contributed by atoms with van der Waals surface area (Å²) in [5, 5.41) is 15.1. The Hall–Kier alpha value is -12.9. The molecule has 0 unspecified atom stereocenters. The third-order valence-electron chi connectivity index (χ3n) is 22.9. The molecule has 0 radical (unpaired) electrons. The first-order chi connectivity index (χ1) is 52.9. The van der Waals surface area contributed by atoms with E-state index in [1.165, 1.54) is 49.4 Å². The van der Waals surface area contributed by atoms with Gasteiger partial charge in [0.25, 0.3) is 6.71 Å². The molecule has 15 aromatic carbocycles. The van der Waals surface area contributed by atoms with Crippen molar-refractivity contribution in [2.24, 2.45) is 0 Å². The Kier molecular flexibility index (Phi) is 15.7. The molecule has 4 heterocycles. The first kappa shape index (κ1) is 66.7. The van der Waals surface area contributed by atoms with Gasteiger partial charge in [-0.3, -0.25) is 0 Å². The molecule has 0 saturated carbocycles. The number of hydrogen-bond donors (Lipinski definition) is 0. The van der Waals surface area contributed by atoms with Gasteiger partial charge in [0, 0.05) is 72.5 Å². The monoisotopic (exact) mass is 1400 g/mol. The maximum Gasteiger partial charge on any atom is 0.252 e. The van der Waals surface area contributed by atoms with Crippen molar-refractivity contribution in [3.05, 3.63) is 356 Å². The zero-order valence-corrected chi connectivity index (χ0v) is 63.1. The van der Waals surface area contributed by atoms with Crippen LogP contribution in [0, 0.1) is 11.3 Å². The molecule has 17 aromatic rings. The van der Waals surface area contributed by atoms with E-state index in [1.54, 1.807) is 0 Å². The van der Waals surface area contributed by atoms with Crippen molar-refractivity contribution in [3.63, 3.8) is 0 Å². The van der Waals surface area contributed by atoms with Crippen LogP contribution in [0.25, 0.3) is 122 Å². The van der Waals surface area contributed by atoms with E-state index in [9.17, 15) is 5.26 Å². The number of para-hydroxylation sites is 2. The fraction of sp³-hybridized carbons (Fsp3) is 0.117. The average molecular weight is 1400 g/mol. The zero-order valence-electron chi connectivity index (χ0n) is 63.1. The predicted octanol–water partition coefficient (Wildman–Crippen LogP) is 25.7. The molecule has 0 atom stereocenters. The second-order valence-corrected chi connectivity index (χ2v) is 32.8. The van der Waals surface area contributed by atoms with Gasteiger partial charge in [0.1, 0.15) is 0 Å². The summed E-state index contributed by atoms with van der Waals surface area (Å²) in [6.07, 6.45) is 0. The summed E-state index contributed by atoms with van der Waals surface area (Å²) in [6.45, 7) is 20.5. The first-order valence-electron chi connectivity index (χ1n) is 38.2. The molecule has 0 bridgehead atoms. The van der Waals surface area contributed by atoms with Crippen LogP contribution in [-0.4, -0.2) is 15.8 Å². The van der Waals surface area contributed by atoms with E-state index in [4.69, 9.17) is 0 Å². The Balaban J connectivity index is 1.01. The molecule has 0 saturated heterocycles. The van der Waals surface area contributed by atoms with Crippen molar-refractivity contribution < 1.29 is 0 Å². The van der Waals surface area contributed by atoms with Crippen LogP contribution in [0.5, 0.6) is 0 Å². The number of nitrogens with zero attached hydrogens (tertiary/aromatic N) is 5.